The Bertz CT molecular complexity index is 578. The third-order valence-electron chi connectivity index (χ3n) is 4.43. The molecule has 0 amide bonds. The quantitative estimate of drug-likeness (QED) is 0.650. The Labute approximate surface area is 126 Å². The van der Waals surface area contributed by atoms with E-state index < -0.39 is 0 Å². The molecule has 0 saturated carbocycles. The van der Waals surface area contributed by atoms with Crippen LogP contribution in [0.15, 0.2) is 42.5 Å². The topological polar surface area (TPSA) is 47.3 Å². The van der Waals surface area contributed by atoms with Crippen molar-refractivity contribution in [1.82, 2.24) is 5.43 Å². The van der Waals surface area contributed by atoms with Gasteiger partial charge in [0, 0.05) is 12.6 Å². The maximum absolute atomic E-state index is 5.81. The molecule has 112 valence electrons. The lowest BCUT2D eigenvalue weighted by molar-refractivity contribution is 0.00854. The molecule has 0 aliphatic carbocycles. The summed E-state index contributed by atoms with van der Waals surface area (Å²) in [5.74, 6) is 5.77. The minimum Gasteiger partial charge on any atom is -0.378 e. The van der Waals surface area contributed by atoms with E-state index in [1.165, 1.54) is 35.6 Å². The molecule has 2 aromatic rings. The van der Waals surface area contributed by atoms with Gasteiger partial charge in [0.1, 0.15) is 0 Å². The van der Waals surface area contributed by atoms with Gasteiger partial charge in [0.15, 0.2) is 0 Å². The van der Waals surface area contributed by atoms with Gasteiger partial charge in [0.05, 0.1) is 6.10 Å². The molecule has 1 aliphatic heterocycles. The summed E-state index contributed by atoms with van der Waals surface area (Å²) < 4.78 is 5.81. The third-order valence-corrected chi connectivity index (χ3v) is 4.43. The maximum Gasteiger partial charge on any atom is 0.0575 e. The van der Waals surface area contributed by atoms with Gasteiger partial charge >= 0.3 is 0 Å². The fourth-order valence-electron chi connectivity index (χ4n) is 3.16. The SMILES string of the molecule is NNC(CCC1CCCCO1)c1ccc2ccccc2c1. The number of nitrogens with two attached hydrogens (primary N) is 1. The predicted octanol–water partition coefficient (Wildman–Crippen LogP) is 3.69. The standard InChI is InChI=1S/C18H24N2O/c19-20-18(11-10-17-7-3-4-12-21-17)16-9-8-14-5-1-2-6-15(14)13-16/h1-2,5-6,8-9,13,17-18,20H,3-4,7,10-12,19H2. The smallest absolute Gasteiger partial charge is 0.0575 e. The number of ether oxygens (including phenoxy) is 1. The molecule has 3 N–H and O–H groups in total. The van der Waals surface area contributed by atoms with E-state index in [-0.39, 0.29) is 6.04 Å². The van der Waals surface area contributed by atoms with Crippen molar-refractivity contribution in [2.75, 3.05) is 6.61 Å². The van der Waals surface area contributed by atoms with E-state index in [4.69, 9.17) is 10.6 Å². The normalized spacial score (nSPS) is 20.5. The molecule has 2 unspecified atom stereocenters. The molecule has 0 spiro atoms. The Morgan fingerprint density at radius 2 is 2.00 bits per heavy atom. The van der Waals surface area contributed by atoms with E-state index in [0.717, 1.165) is 19.4 Å². The van der Waals surface area contributed by atoms with Gasteiger partial charge in [-0.25, -0.2) is 0 Å². The largest absolute Gasteiger partial charge is 0.378 e. The molecule has 1 fully saturated rings. The first kappa shape index (κ1) is 14.5. The lowest BCUT2D eigenvalue weighted by Gasteiger charge is -2.25. The molecule has 1 saturated heterocycles. The summed E-state index contributed by atoms with van der Waals surface area (Å²) in [6, 6.07) is 15.2. The van der Waals surface area contributed by atoms with Gasteiger partial charge in [-0.15, -0.1) is 0 Å². The molecule has 0 radical (unpaired) electrons. The Morgan fingerprint density at radius 1 is 1.14 bits per heavy atom. The van der Waals surface area contributed by atoms with Gasteiger partial charge < -0.3 is 4.74 Å². The summed E-state index contributed by atoms with van der Waals surface area (Å²) in [4.78, 5) is 0. The zero-order valence-electron chi connectivity index (χ0n) is 12.4. The molecular formula is C18H24N2O. The Balaban J connectivity index is 1.68. The van der Waals surface area contributed by atoms with E-state index in [2.05, 4.69) is 47.9 Å². The Kier molecular flexibility index (Phi) is 4.86. The fourth-order valence-corrected chi connectivity index (χ4v) is 3.16. The van der Waals surface area contributed by atoms with Gasteiger partial charge in [-0.2, -0.15) is 0 Å². The van der Waals surface area contributed by atoms with E-state index >= 15 is 0 Å². The van der Waals surface area contributed by atoms with Gasteiger partial charge in [-0.05, 0) is 54.5 Å². The summed E-state index contributed by atoms with van der Waals surface area (Å²) in [6.07, 6.45) is 6.19. The molecule has 3 heteroatoms. The highest BCUT2D eigenvalue weighted by Gasteiger charge is 2.17. The minimum atomic E-state index is 0.195. The second-order valence-corrected chi connectivity index (χ2v) is 5.89. The van der Waals surface area contributed by atoms with Gasteiger partial charge in [-0.1, -0.05) is 36.4 Å². The Hall–Kier alpha value is -1.42. The predicted molar refractivity (Wildman–Crippen MR) is 86.8 cm³/mol. The van der Waals surface area contributed by atoms with E-state index in [0.29, 0.717) is 6.10 Å². The molecule has 2 aromatic carbocycles. The van der Waals surface area contributed by atoms with Crippen LogP contribution in [0.1, 0.15) is 43.7 Å². The van der Waals surface area contributed by atoms with Crippen LogP contribution in [0, 0.1) is 0 Å². The summed E-state index contributed by atoms with van der Waals surface area (Å²) >= 11 is 0. The van der Waals surface area contributed by atoms with E-state index in [1.54, 1.807) is 0 Å². The first-order chi connectivity index (χ1) is 10.4. The van der Waals surface area contributed by atoms with Crippen molar-refractivity contribution in [1.29, 1.82) is 0 Å². The van der Waals surface area contributed by atoms with Crippen molar-refractivity contribution in [3.63, 3.8) is 0 Å². The second-order valence-electron chi connectivity index (χ2n) is 5.89. The van der Waals surface area contributed by atoms with Gasteiger partial charge in [0.2, 0.25) is 0 Å². The lowest BCUT2D eigenvalue weighted by atomic mass is 9.96. The van der Waals surface area contributed by atoms with Crippen LogP contribution in [-0.2, 0) is 4.74 Å². The number of benzene rings is 2. The summed E-state index contributed by atoms with van der Waals surface area (Å²) in [5, 5.41) is 2.54. The first-order valence-electron chi connectivity index (χ1n) is 7.93. The summed E-state index contributed by atoms with van der Waals surface area (Å²) in [6.45, 7) is 0.918. The molecule has 1 aliphatic rings. The van der Waals surface area contributed by atoms with Crippen LogP contribution < -0.4 is 11.3 Å². The minimum absolute atomic E-state index is 0.195. The summed E-state index contributed by atoms with van der Waals surface area (Å²) in [7, 11) is 0. The number of fused-ring (bicyclic) bond motifs is 1. The zero-order chi connectivity index (χ0) is 14.5. The third kappa shape index (κ3) is 3.62. The molecule has 0 aromatic heterocycles. The monoisotopic (exact) mass is 284 g/mol. The van der Waals surface area contributed by atoms with Crippen molar-refractivity contribution in [3.05, 3.63) is 48.0 Å². The number of hydrogen-bond acceptors (Lipinski definition) is 3. The van der Waals surface area contributed by atoms with Crippen LogP contribution in [0.25, 0.3) is 10.8 Å². The summed E-state index contributed by atoms with van der Waals surface area (Å²) in [5.41, 5.74) is 4.22. The first-order valence-corrected chi connectivity index (χ1v) is 7.93. The number of rotatable bonds is 5. The van der Waals surface area contributed by atoms with Crippen molar-refractivity contribution >= 4 is 10.8 Å². The second kappa shape index (κ2) is 7.03. The van der Waals surface area contributed by atoms with Crippen LogP contribution in [0.3, 0.4) is 0 Å². The van der Waals surface area contributed by atoms with Gasteiger partial charge in [0.25, 0.3) is 0 Å². The van der Waals surface area contributed by atoms with Crippen molar-refractivity contribution in [2.24, 2.45) is 5.84 Å². The van der Waals surface area contributed by atoms with Crippen LogP contribution in [0.2, 0.25) is 0 Å². The molecular weight excluding hydrogens is 260 g/mol. The number of hydrazine groups is 1. The van der Waals surface area contributed by atoms with Crippen molar-refractivity contribution in [2.45, 2.75) is 44.2 Å². The molecule has 1 heterocycles. The van der Waals surface area contributed by atoms with E-state index in [9.17, 15) is 0 Å². The molecule has 3 rings (SSSR count). The lowest BCUT2D eigenvalue weighted by Crippen LogP contribution is -2.29. The highest BCUT2D eigenvalue weighted by atomic mass is 16.5. The highest BCUT2D eigenvalue weighted by Crippen LogP contribution is 2.25. The molecule has 3 nitrogen and oxygen atoms in total. The van der Waals surface area contributed by atoms with Crippen LogP contribution >= 0.6 is 0 Å². The van der Waals surface area contributed by atoms with E-state index in [1.807, 2.05) is 0 Å². The molecule has 0 bridgehead atoms. The fraction of sp³-hybridized carbons (Fsp3) is 0.444. The molecule has 2 atom stereocenters. The Morgan fingerprint density at radius 3 is 2.76 bits per heavy atom. The molecule has 21 heavy (non-hydrogen) atoms. The van der Waals surface area contributed by atoms with Crippen LogP contribution in [-0.4, -0.2) is 12.7 Å². The van der Waals surface area contributed by atoms with Crippen LogP contribution in [0.4, 0.5) is 0 Å². The zero-order valence-corrected chi connectivity index (χ0v) is 12.4. The van der Waals surface area contributed by atoms with Crippen LogP contribution in [0.5, 0.6) is 0 Å². The number of nitrogens with one attached hydrogen (secondary N) is 1. The van der Waals surface area contributed by atoms with Gasteiger partial charge in [-0.3, -0.25) is 11.3 Å². The van der Waals surface area contributed by atoms with Crippen molar-refractivity contribution in [3.8, 4) is 0 Å². The van der Waals surface area contributed by atoms with Crippen molar-refractivity contribution < 1.29 is 4.74 Å². The average Bonchev–Trinajstić information content (AvgIpc) is 2.56. The average molecular weight is 284 g/mol. The number of hydrogen-bond donors (Lipinski definition) is 2. The highest BCUT2D eigenvalue weighted by molar-refractivity contribution is 5.83. The maximum atomic E-state index is 5.81.